The van der Waals surface area contributed by atoms with E-state index >= 15 is 0 Å². The molecule has 86 valence electrons. The van der Waals surface area contributed by atoms with E-state index in [1.807, 2.05) is 13.8 Å². The molecule has 2 nitrogen and oxygen atoms in total. The van der Waals surface area contributed by atoms with E-state index in [0.29, 0.717) is 13.1 Å². The van der Waals surface area contributed by atoms with Gasteiger partial charge in [0.25, 0.3) is 0 Å². The predicted octanol–water partition coefficient (Wildman–Crippen LogP) is 2.12. The summed E-state index contributed by atoms with van der Waals surface area (Å²) in [4.78, 5) is 0. The van der Waals surface area contributed by atoms with Gasteiger partial charge in [0.15, 0.2) is 11.6 Å². The van der Waals surface area contributed by atoms with E-state index in [1.54, 1.807) is 12.1 Å². The summed E-state index contributed by atoms with van der Waals surface area (Å²) in [5.74, 6) is 2.42. The Bertz CT molecular complexity index is 384. The molecule has 0 aromatic heterocycles. The van der Waals surface area contributed by atoms with Gasteiger partial charge in [0.2, 0.25) is 0 Å². The number of nitrogens with one attached hydrogen (secondary N) is 1. The summed E-state index contributed by atoms with van der Waals surface area (Å²) in [6, 6.07) is 4.81. The minimum atomic E-state index is -0.339. The van der Waals surface area contributed by atoms with Crippen LogP contribution in [0.25, 0.3) is 0 Å². The third kappa shape index (κ3) is 3.92. The van der Waals surface area contributed by atoms with Crippen LogP contribution in [0.5, 0.6) is 5.75 Å². The molecule has 1 unspecified atom stereocenters. The molecule has 0 spiro atoms. The Morgan fingerprint density at radius 1 is 1.56 bits per heavy atom. The van der Waals surface area contributed by atoms with Crippen molar-refractivity contribution < 1.29 is 9.13 Å². The van der Waals surface area contributed by atoms with E-state index in [-0.39, 0.29) is 17.7 Å². The highest BCUT2D eigenvalue weighted by molar-refractivity contribution is 5.29. The summed E-state index contributed by atoms with van der Waals surface area (Å²) >= 11 is 0. The van der Waals surface area contributed by atoms with E-state index < -0.39 is 0 Å². The normalized spacial score (nSPS) is 11.9. The number of rotatable bonds is 5. The first kappa shape index (κ1) is 12.5. The zero-order valence-corrected chi connectivity index (χ0v) is 9.59. The first-order valence-corrected chi connectivity index (χ1v) is 5.20. The fourth-order valence-corrected chi connectivity index (χ4v) is 1.31. The lowest BCUT2D eigenvalue weighted by molar-refractivity contribution is 0.209. The minimum absolute atomic E-state index is 0.121. The molecule has 0 saturated carbocycles. The summed E-state index contributed by atoms with van der Waals surface area (Å²) in [5, 5.41) is 3.01. The molecule has 1 rings (SSSR count). The van der Waals surface area contributed by atoms with Crippen LogP contribution < -0.4 is 10.1 Å². The van der Waals surface area contributed by atoms with Gasteiger partial charge in [-0.25, -0.2) is 4.39 Å². The van der Waals surface area contributed by atoms with Gasteiger partial charge in [-0.2, -0.15) is 0 Å². The second-order valence-corrected chi connectivity index (χ2v) is 3.70. The van der Waals surface area contributed by atoms with Crippen molar-refractivity contribution in [1.82, 2.24) is 5.32 Å². The third-order valence-corrected chi connectivity index (χ3v) is 2.07. The smallest absolute Gasteiger partial charge is 0.165 e. The van der Waals surface area contributed by atoms with Gasteiger partial charge in [-0.3, -0.25) is 0 Å². The van der Waals surface area contributed by atoms with Crippen LogP contribution in [-0.2, 0) is 0 Å². The maximum Gasteiger partial charge on any atom is 0.165 e. The Balaban J connectivity index is 2.52. The Kier molecular flexibility index (Phi) is 4.81. The first-order valence-electron chi connectivity index (χ1n) is 5.20. The molecule has 0 radical (unpaired) electrons. The molecular weight excluding hydrogens is 205 g/mol. The van der Waals surface area contributed by atoms with Crippen molar-refractivity contribution in [3.05, 3.63) is 29.6 Å². The lowest BCUT2D eigenvalue weighted by Crippen LogP contribution is -2.29. The molecule has 1 aromatic rings. The second-order valence-electron chi connectivity index (χ2n) is 3.70. The van der Waals surface area contributed by atoms with Crippen molar-refractivity contribution >= 4 is 0 Å². The molecule has 1 N–H and O–H groups in total. The molecule has 0 bridgehead atoms. The van der Waals surface area contributed by atoms with Crippen LogP contribution in [0.1, 0.15) is 12.5 Å². The molecule has 0 heterocycles. The highest BCUT2D eigenvalue weighted by Gasteiger charge is 2.08. The fraction of sp³-hybridized carbons (Fsp3) is 0.385. The average molecular weight is 221 g/mol. The molecule has 3 heteroatoms. The number of hydrogen-bond donors (Lipinski definition) is 1. The highest BCUT2D eigenvalue weighted by Crippen LogP contribution is 2.19. The highest BCUT2D eigenvalue weighted by atomic mass is 19.1. The Morgan fingerprint density at radius 2 is 2.31 bits per heavy atom. The summed E-state index contributed by atoms with van der Waals surface area (Å²) in [5.41, 5.74) is 0.972. The van der Waals surface area contributed by atoms with Crippen LogP contribution in [0.4, 0.5) is 4.39 Å². The molecule has 0 saturated heterocycles. The van der Waals surface area contributed by atoms with Crippen LogP contribution in [-0.4, -0.2) is 19.2 Å². The molecule has 0 aliphatic rings. The van der Waals surface area contributed by atoms with E-state index in [4.69, 9.17) is 11.2 Å². The van der Waals surface area contributed by atoms with Crippen molar-refractivity contribution in [1.29, 1.82) is 0 Å². The molecule has 0 aliphatic carbocycles. The minimum Gasteiger partial charge on any atom is -0.486 e. The summed E-state index contributed by atoms with van der Waals surface area (Å²) in [6.07, 6.45) is 4.98. The molecule has 0 aliphatic heterocycles. The number of benzene rings is 1. The third-order valence-electron chi connectivity index (χ3n) is 2.07. The SMILES string of the molecule is C#CCNCC(C)Oc1cc(C)ccc1F. The molecule has 0 amide bonds. The van der Waals surface area contributed by atoms with Crippen LogP contribution in [0.3, 0.4) is 0 Å². The van der Waals surface area contributed by atoms with Gasteiger partial charge in [-0.15, -0.1) is 6.42 Å². The van der Waals surface area contributed by atoms with Gasteiger partial charge in [-0.1, -0.05) is 12.0 Å². The number of ether oxygens (including phenoxy) is 1. The monoisotopic (exact) mass is 221 g/mol. The van der Waals surface area contributed by atoms with Crippen LogP contribution in [0.2, 0.25) is 0 Å². The second kappa shape index (κ2) is 6.14. The van der Waals surface area contributed by atoms with Crippen LogP contribution >= 0.6 is 0 Å². The maximum atomic E-state index is 13.3. The standard InChI is InChI=1S/C13H16FNO/c1-4-7-15-9-11(3)16-13-8-10(2)5-6-12(13)14/h1,5-6,8,11,15H,7,9H2,2-3H3. The number of terminal acetylenes is 1. The van der Waals surface area contributed by atoms with Gasteiger partial charge >= 0.3 is 0 Å². The number of aryl methyl sites for hydroxylation is 1. The van der Waals surface area contributed by atoms with Crippen LogP contribution in [0, 0.1) is 25.1 Å². The molecule has 0 fully saturated rings. The Hall–Kier alpha value is -1.53. The number of hydrogen-bond acceptors (Lipinski definition) is 2. The maximum absolute atomic E-state index is 13.3. The average Bonchev–Trinajstić information content (AvgIpc) is 2.24. The van der Waals surface area contributed by atoms with Crippen molar-refractivity contribution in [3.63, 3.8) is 0 Å². The van der Waals surface area contributed by atoms with E-state index in [9.17, 15) is 4.39 Å². The largest absolute Gasteiger partial charge is 0.486 e. The quantitative estimate of drug-likeness (QED) is 0.607. The molecule has 1 aromatic carbocycles. The first-order chi connectivity index (χ1) is 7.63. The number of halogens is 1. The molecule has 1 atom stereocenters. The fourth-order valence-electron chi connectivity index (χ4n) is 1.31. The zero-order chi connectivity index (χ0) is 12.0. The summed E-state index contributed by atoms with van der Waals surface area (Å²) < 4.78 is 18.8. The van der Waals surface area contributed by atoms with Gasteiger partial charge in [0, 0.05) is 6.54 Å². The van der Waals surface area contributed by atoms with Crippen molar-refractivity contribution in [2.24, 2.45) is 0 Å². The van der Waals surface area contributed by atoms with Gasteiger partial charge in [0.1, 0.15) is 6.10 Å². The summed E-state index contributed by atoms with van der Waals surface area (Å²) in [7, 11) is 0. The van der Waals surface area contributed by atoms with Gasteiger partial charge in [-0.05, 0) is 31.5 Å². The van der Waals surface area contributed by atoms with Gasteiger partial charge < -0.3 is 10.1 Å². The lowest BCUT2D eigenvalue weighted by atomic mass is 10.2. The Labute approximate surface area is 95.8 Å². The predicted molar refractivity (Wildman–Crippen MR) is 62.9 cm³/mol. The van der Waals surface area contributed by atoms with Crippen molar-refractivity contribution in [2.75, 3.05) is 13.1 Å². The molecular formula is C13H16FNO. The summed E-state index contributed by atoms with van der Waals surface area (Å²) in [6.45, 7) is 4.85. The van der Waals surface area contributed by atoms with E-state index in [1.165, 1.54) is 6.07 Å². The Morgan fingerprint density at radius 3 is 3.00 bits per heavy atom. The van der Waals surface area contributed by atoms with E-state index in [0.717, 1.165) is 5.56 Å². The van der Waals surface area contributed by atoms with E-state index in [2.05, 4.69) is 11.2 Å². The van der Waals surface area contributed by atoms with Crippen LogP contribution in [0.15, 0.2) is 18.2 Å². The topological polar surface area (TPSA) is 21.3 Å². The lowest BCUT2D eigenvalue weighted by Gasteiger charge is -2.15. The molecule has 16 heavy (non-hydrogen) atoms. The van der Waals surface area contributed by atoms with Gasteiger partial charge in [0.05, 0.1) is 6.54 Å². The van der Waals surface area contributed by atoms with Crippen molar-refractivity contribution in [2.45, 2.75) is 20.0 Å². The van der Waals surface area contributed by atoms with Crippen molar-refractivity contribution in [3.8, 4) is 18.1 Å². The zero-order valence-electron chi connectivity index (χ0n) is 9.59.